The maximum atomic E-state index is 12.7. The number of aryl methyl sites for hydroxylation is 1. The first-order valence-corrected chi connectivity index (χ1v) is 11.7. The van der Waals surface area contributed by atoms with E-state index in [2.05, 4.69) is 20.9 Å². The molecule has 0 N–H and O–H groups in total. The number of hydrogen-bond acceptors (Lipinski definition) is 5. The summed E-state index contributed by atoms with van der Waals surface area (Å²) in [7, 11) is -3.31. The van der Waals surface area contributed by atoms with E-state index in [9.17, 15) is 8.42 Å². The van der Waals surface area contributed by atoms with Gasteiger partial charge in [0.05, 0.1) is 0 Å². The van der Waals surface area contributed by atoms with Crippen molar-refractivity contribution in [3.8, 4) is 0 Å². The highest BCUT2D eigenvalue weighted by molar-refractivity contribution is 7.86. The monoisotopic (exact) mass is 395 g/mol. The molecule has 3 rings (SSSR count). The number of nitrogens with zero attached hydrogens (tertiary/aromatic N) is 5. The van der Waals surface area contributed by atoms with Crippen LogP contribution in [0.15, 0.2) is 6.07 Å². The molecule has 0 radical (unpaired) electrons. The highest BCUT2D eigenvalue weighted by Crippen LogP contribution is 2.26. The molecule has 1 aromatic heterocycles. The molecule has 27 heavy (non-hydrogen) atoms. The molecule has 0 unspecified atom stereocenters. The molecule has 0 amide bonds. The van der Waals surface area contributed by atoms with Gasteiger partial charge in [-0.2, -0.15) is 17.0 Å². The van der Waals surface area contributed by atoms with Gasteiger partial charge in [-0.15, -0.1) is 0 Å². The second kappa shape index (κ2) is 8.84. The molecule has 1 aromatic rings. The Labute approximate surface area is 164 Å². The maximum absolute atomic E-state index is 12.7. The second-order valence-corrected chi connectivity index (χ2v) is 9.53. The highest BCUT2D eigenvalue weighted by Gasteiger charge is 2.31. The summed E-state index contributed by atoms with van der Waals surface area (Å²) >= 11 is 0. The quantitative estimate of drug-likeness (QED) is 0.708. The van der Waals surface area contributed by atoms with Gasteiger partial charge in [0.25, 0.3) is 10.2 Å². The molecule has 0 bridgehead atoms. The molecule has 0 atom stereocenters. The lowest BCUT2D eigenvalue weighted by molar-refractivity contribution is 0.254. The fourth-order valence-corrected chi connectivity index (χ4v) is 5.83. The zero-order valence-corrected chi connectivity index (χ0v) is 17.7. The van der Waals surface area contributed by atoms with E-state index in [0.717, 1.165) is 49.7 Å². The Morgan fingerprint density at radius 2 is 1.70 bits per heavy atom. The molecule has 2 aliphatic heterocycles. The zero-order chi connectivity index (χ0) is 19.4. The highest BCUT2D eigenvalue weighted by atomic mass is 32.2. The van der Waals surface area contributed by atoms with Gasteiger partial charge < -0.3 is 4.90 Å². The summed E-state index contributed by atoms with van der Waals surface area (Å²) < 4.78 is 28.5. The van der Waals surface area contributed by atoms with Gasteiger partial charge in [-0.25, -0.2) is 9.97 Å². The van der Waals surface area contributed by atoms with E-state index < -0.39 is 10.2 Å². The zero-order valence-electron chi connectivity index (χ0n) is 16.9. The van der Waals surface area contributed by atoms with Gasteiger partial charge in [-0.1, -0.05) is 13.8 Å². The van der Waals surface area contributed by atoms with Crippen molar-refractivity contribution in [1.29, 1.82) is 0 Å². The molecule has 0 saturated carbocycles. The van der Waals surface area contributed by atoms with Crippen molar-refractivity contribution in [3.05, 3.63) is 17.6 Å². The Morgan fingerprint density at radius 3 is 2.30 bits per heavy atom. The van der Waals surface area contributed by atoms with Crippen LogP contribution in [0.25, 0.3) is 0 Å². The molecule has 7 nitrogen and oxygen atoms in total. The van der Waals surface area contributed by atoms with Gasteiger partial charge in [0.2, 0.25) is 0 Å². The van der Waals surface area contributed by atoms with Crippen molar-refractivity contribution in [2.24, 2.45) is 5.92 Å². The van der Waals surface area contributed by atoms with Crippen molar-refractivity contribution in [2.75, 3.05) is 44.2 Å². The molecule has 152 valence electrons. The Morgan fingerprint density at radius 1 is 1.07 bits per heavy atom. The third kappa shape index (κ3) is 4.78. The number of aromatic nitrogens is 2. The maximum Gasteiger partial charge on any atom is 0.281 e. The first kappa shape index (κ1) is 20.5. The second-order valence-electron chi connectivity index (χ2n) is 7.60. The minimum atomic E-state index is -3.31. The van der Waals surface area contributed by atoms with Crippen molar-refractivity contribution < 1.29 is 8.42 Å². The Balaban J connectivity index is 1.61. The molecular weight excluding hydrogens is 362 g/mol. The summed E-state index contributed by atoms with van der Waals surface area (Å²) in [5.41, 5.74) is 1.09. The van der Waals surface area contributed by atoms with Crippen LogP contribution < -0.4 is 4.90 Å². The molecule has 0 aliphatic carbocycles. The summed E-state index contributed by atoms with van der Waals surface area (Å²) in [5, 5.41) is 0. The average molecular weight is 396 g/mol. The fraction of sp³-hybridized carbons (Fsp3) is 0.789. The van der Waals surface area contributed by atoms with Crippen LogP contribution in [0.4, 0.5) is 5.82 Å². The van der Waals surface area contributed by atoms with Crippen LogP contribution in [0.5, 0.6) is 0 Å². The molecule has 8 heteroatoms. The van der Waals surface area contributed by atoms with Gasteiger partial charge in [0.1, 0.15) is 11.6 Å². The molecule has 0 spiro atoms. The predicted molar refractivity (Wildman–Crippen MR) is 108 cm³/mol. The number of rotatable bonds is 7. The van der Waals surface area contributed by atoms with Crippen LogP contribution >= 0.6 is 0 Å². The van der Waals surface area contributed by atoms with Gasteiger partial charge in [0, 0.05) is 51.0 Å². The third-order valence-corrected chi connectivity index (χ3v) is 7.92. The number of piperidine rings is 1. The lowest BCUT2D eigenvalue weighted by atomic mass is 9.93. The summed E-state index contributed by atoms with van der Waals surface area (Å²) in [6, 6.07) is 2.14. The largest absolute Gasteiger partial charge is 0.357 e. The predicted octanol–water partition coefficient (Wildman–Crippen LogP) is 2.23. The molecular formula is C19H33N5O2S. The van der Waals surface area contributed by atoms with Crippen molar-refractivity contribution >= 4 is 16.0 Å². The molecule has 0 aromatic carbocycles. The van der Waals surface area contributed by atoms with Crippen LogP contribution in [-0.2, 0) is 16.6 Å². The Bertz CT molecular complexity index is 722. The van der Waals surface area contributed by atoms with Gasteiger partial charge in [0.15, 0.2) is 0 Å². The SMILES string of the molecule is CCN(CC)S(=O)(=O)N1CCC(Cc2cc(N3CCCC3)nc(C)n2)CC1. The van der Waals surface area contributed by atoms with E-state index in [1.165, 1.54) is 12.8 Å². The summed E-state index contributed by atoms with van der Waals surface area (Å²) in [6.07, 6.45) is 5.16. The normalized spacial score (nSPS) is 19.9. The number of anilines is 1. The lowest BCUT2D eigenvalue weighted by Gasteiger charge is -2.34. The molecule has 2 aliphatic rings. The van der Waals surface area contributed by atoms with E-state index in [1.807, 2.05) is 20.8 Å². The standard InChI is InChI=1S/C19H33N5O2S/c1-4-23(5-2)27(25,26)24-12-8-17(9-13-24)14-18-15-19(21-16(3)20-18)22-10-6-7-11-22/h15,17H,4-14H2,1-3H3. The van der Waals surface area contributed by atoms with E-state index >= 15 is 0 Å². The fourth-order valence-electron chi connectivity index (χ4n) is 4.18. The first-order chi connectivity index (χ1) is 12.9. The van der Waals surface area contributed by atoms with Crippen molar-refractivity contribution in [2.45, 2.75) is 52.9 Å². The van der Waals surface area contributed by atoms with Crippen LogP contribution in [0.3, 0.4) is 0 Å². The van der Waals surface area contributed by atoms with Crippen LogP contribution in [-0.4, -0.2) is 66.3 Å². The van der Waals surface area contributed by atoms with Gasteiger partial charge in [-0.3, -0.25) is 0 Å². The van der Waals surface area contributed by atoms with Gasteiger partial charge in [-0.05, 0) is 44.9 Å². The summed E-state index contributed by atoms with van der Waals surface area (Å²) in [4.78, 5) is 11.6. The van der Waals surface area contributed by atoms with Gasteiger partial charge >= 0.3 is 0 Å². The van der Waals surface area contributed by atoms with E-state index in [0.29, 0.717) is 32.1 Å². The van der Waals surface area contributed by atoms with E-state index in [-0.39, 0.29) is 0 Å². The summed E-state index contributed by atoms with van der Waals surface area (Å²) in [6.45, 7) is 10.2. The molecule has 3 heterocycles. The topological polar surface area (TPSA) is 69.6 Å². The van der Waals surface area contributed by atoms with Crippen molar-refractivity contribution in [3.63, 3.8) is 0 Å². The minimum absolute atomic E-state index is 0.480. The number of hydrogen-bond donors (Lipinski definition) is 0. The third-order valence-electron chi connectivity index (χ3n) is 5.74. The molecule has 2 saturated heterocycles. The van der Waals surface area contributed by atoms with Crippen LogP contribution in [0.1, 0.15) is 51.0 Å². The minimum Gasteiger partial charge on any atom is -0.357 e. The van der Waals surface area contributed by atoms with E-state index in [4.69, 9.17) is 0 Å². The average Bonchev–Trinajstić information content (AvgIpc) is 3.17. The van der Waals surface area contributed by atoms with Crippen LogP contribution in [0, 0.1) is 12.8 Å². The molecule has 2 fully saturated rings. The lowest BCUT2D eigenvalue weighted by Crippen LogP contribution is -2.47. The summed E-state index contributed by atoms with van der Waals surface area (Å²) in [5.74, 6) is 2.36. The smallest absolute Gasteiger partial charge is 0.281 e. The van der Waals surface area contributed by atoms with Crippen LogP contribution in [0.2, 0.25) is 0 Å². The Kier molecular flexibility index (Phi) is 6.70. The van der Waals surface area contributed by atoms with E-state index in [1.54, 1.807) is 8.61 Å². The first-order valence-electron chi connectivity index (χ1n) is 10.3. The Hall–Kier alpha value is -1.25. The van der Waals surface area contributed by atoms with Crippen molar-refractivity contribution in [1.82, 2.24) is 18.6 Å².